The van der Waals surface area contributed by atoms with Gasteiger partial charge in [-0.3, -0.25) is 4.79 Å². The maximum atomic E-state index is 11.5. The maximum Gasteiger partial charge on any atom is 0.312 e. The van der Waals surface area contributed by atoms with Crippen LogP contribution in [0.2, 0.25) is 0 Å². The van der Waals surface area contributed by atoms with Crippen LogP contribution in [-0.4, -0.2) is 13.1 Å². The average Bonchev–Trinajstić information content (AvgIpc) is 2.59. The van der Waals surface area contributed by atoms with Crippen LogP contribution in [0.3, 0.4) is 0 Å². The summed E-state index contributed by atoms with van der Waals surface area (Å²) >= 11 is 0. The molecule has 0 amide bonds. The third-order valence-electron chi connectivity index (χ3n) is 4.06. The molecule has 22 heavy (non-hydrogen) atoms. The molecule has 0 aromatic heterocycles. The molecule has 0 aliphatic heterocycles. The number of hydrogen-bond acceptors (Lipinski definition) is 2. The van der Waals surface area contributed by atoms with Crippen LogP contribution in [0.15, 0.2) is 54.6 Å². The zero-order chi connectivity index (χ0) is 15.8. The van der Waals surface area contributed by atoms with E-state index in [1.807, 2.05) is 19.1 Å². The Hall–Kier alpha value is -2.09. The van der Waals surface area contributed by atoms with E-state index < -0.39 is 0 Å². The SMILES string of the molecule is COC(=O)C(C)c1ccc(CCCCc2ccccc2)cc1. The minimum Gasteiger partial charge on any atom is -0.469 e. The number of benzene rings is 2. The first kappa shape index (κ1) is 16.3. The molecule has 2 rings (SSSR count). The quantitative estimate of drug-likeness (QED) is 0.554. The zero-order valence-electron chi connectivity index (χ0n) is 13.4. The van der Waals surface area contributed by atoms with Crippen molar-refractivity contribution >= 4 is 5.97 Å². The highest BCUT2D eigenvalue weighted by atomic mass is 16.5. The highest BCUT2D eigenvalue weighted by Gasteiger charge is 2.14. The molecule has 116 valence electrons. The number of rotatable bonds is 7. The van der Waals surface area contributed by atoms with Gasteiger partial charge in [0.2, 0.25) is 0 Å². The van der Waals surface area contributed by atoms with Crippen LogP contribution in [-0.2, 0) is 22.4 Å². The summed E-state index contributed by atoms with van der Waals surface area (Å²) in [7, 11) is 1.43. The topological polar surface area (TPSA) is 26.3 Å². The van der Waals surface area contributed by atoms with Gasteiger partial charge in [-0.25, -0.2) is 0 Å². The molecule has 0 spiro atoms. The maximum absolute atomic E-state index is 11.5. The standard InChI is InChI=1S/C20H24O2/c1-16(20(21)22-2)19-14-12-18(13-15-19)11-7-6-10-17-8-4-3-5-9-17/h3-5,8-9,12-16H,6-7,10-11H2,1-2H3. The number of methoxy groups -OCH3 is 1. The van der Waals surface area contributed by atoms with Gasteiger partial charge in [-0.05, 0) is 49.3 Å². The van der Waals surface area contributed by atoms with Crippen molar-refractivity contribution in [1.82, 2.24) is 0 Å². The van der Waals surface area contributed by atoms with Crippen molar-refractivity contribution in [3.63, 3.8) is 0 Å². The molecular weight excluding hydrogens is 272 g/mol. The molecule has 1 atom stereocenters. The summed E-state index contributed by atoms with van der Waals surface area (Å²) in [5.74, 6) is -0.382. The highest BCUT2D eigenvalue weighted by molar-refractivity contribution is 5.77. The van der Waals surface area contributed by atoms with E-state index in [1.165, 1.54) is 31.1 Å². The van der Waals surface area contributed by atoms with Gasteiger partial charge >= 0.3 is 5.97 Å². The van der Waals surface area contributed by atoms with E-state index in [-0.39, 0.29) is 11.9 Å². The highest BCUT2D eigenvalue weighted by Crippen LogP contribution is 2.18. The number of ether oxygens (including phenoxy) is 1. The number of carbonyl (C=O) groups excluding carboxylic acids is 1. The van der Waals surface area contributed by atoms with Gasteiger partial charge in [-0.2, -0.15) is 0 Å². The second-order valence-electron chi connectivity index (χ2n) is 5.68. The predicted molar refractivity (Wildman–Crippen MR) is 90.0 cm³/mol. The van der Waals surface area contributed by atoms with E-state index in [0.29, 0.717) is 0 Å². The lowest BCUT2D eigenvalue weighted by Crippen LogP contribution is -2.10. The third-order valence-corrected chi connectivity index (χ3v) is 4.06. The summed E-state index contributed by atoms with van der Waals surface area (Å²) < 4.78 is 4.78. The van der Waals surface area contributed by atoms with Crippen LogP contribution in [0.1, 0.15) is 42.4 Å². The molecule has 1 unspecified atom stereocenters. The van der Waals surface area contributed by atoms with Gasteiger partial charge in [0.25, 0.3) is 0 Å². The smallest absolute Gasteiger partial charge is 0.312 e. The summed E-state index contributed by atoms with van der Waals surface area (Å²) in [4.78, 5) is 11.5. The lowest BCUT2D eigenvalue weighted by molar-refractivity contribution is -0.141. The molecule has 0 bridgehead atoms. The molecule has 0 radical (unpaired) electrons. The summed E-state index contributed by atoms with van der Waals surface area (Å²) in [6, 6.07) is 18.9. The van der Waals surface area contributed by atoms with Gasteiger partial charge < -0.3 is 4.74 Å². The van der Waals surface area contributed by atoms with Crippen molar-refractivity contribution in [1.29, 1.82) is 0 Å². The largest absolute Gasteiger partial charge is 0.469 e. The van der Waals surface area contributed by atoms with E-state index in [0.717, 1.165) is 18.4 Å². The first-order valence-corrected chi connectivity index (χ1v) is 7.91. The van der Waals surface area contributed by atoms with Crippen LogP contribution in [0, 0.1) is 0 Å². The number of unbranched alkanes of at least 4 members (excludes halogenated alkanes) is 1. The molecule has 2 nitrogen and oxygen atoms in total. The number of aryl methyl sites for hydroxylation is 2. The third kappa shape index (κ3) is 4.73. The van der Waals surface area contributed by atoms with Crippen LogP contribution in [0.4, 0.5) is 0 Å². The number of esters is 1. The van der Waals surface area contributed by atoms with E-state index in [4.69, 9.17) is 4.74 Å². The molecule has 0 N–H and O–H groups in total. The summed E-state index contributed by atoms with van der Waals surface area (Å²) in [5.41, 5.74) is 3.75. The molecule has 2 aromatic rings. The lowest BCUT2D eigenvalue weighted by Gasteiger charge is -2.10. The molecule has 2 heteroatoms. The van der Waals surface area contributed by atoms with E-state index in [2.05, 4.69) is 42.5 Å². The average molecular weight is 296 g/mol. The Bertz CT molecular complexity index is 572. The Morgan fingerprint density at radius 3 is 2.00 bits per heavy atom. The monoisotopic (exact) mass is 296 g/mol. The van der Waals surface area contributed by atoms with E-state index >= 15 is 0 Å². The van der Waals surface area contributed by atoms with Crippen molar-refractivity contribution in [2.75, 3.05) is 7.11 Å². The van der Waals surface area contributed by atoms with Crippen molar-refractivity contribution in [3.05, 3.63) is 71.3 Å². The Labute approximate surface area is 133 Å². The van der Waals surface area contributed by atoms with E-state index in [1.54, 1.807) is 0 Å². The zero-order valence-corrected chi connectivity index (χ0v) is 13.4. The van der Waals surface area contributed by atoms with Gasteiger partial charge in [0.15, 0.2) is 0 Å². The summed E-state index contributed by atoms with van der Waals surface area (Å²) in [6.45, 7) is 1.88. The van der Waals surface area contributed by atoms with E-state index in [9.17, 15) is 4.79 Å². The van der Waals surface area contributed by atoms with Crippen molar-refractivity contribution in [3.8, 4) is 0 Å². The Morgan fingerprint density at radius 1 is 0.909 bits per heavy atom. The summed E-state index contributed by atoms with van der Waals surface area (Å²) in [5, 5.41) is 0. The minimum absolute atomic E-state index is 0.185. The molecule has 0 saturated carbocycles. The van der Waals surface area contributed by atoms with Gasteiger partial charge in [-0.15, -0.1) is 0 Å². The molecule has 0 aliphatic carbocycles. The molecule has 0 fully saturated rings. The molecular formula is C20H24O2. The van der Waals surface area contributed by atoms with Gasteiger partial charge in [0, 0.05) is 0 Å². The first-order valence-electron chi connectivity index (χ1n) is 7.91. The van der Waals surface area contributed by atoms with Crippen LogP contribution >= 0.6 is 0 Å². The number of carbonyl (C=O) groups is 1. The fourth-order valence-electron chi connectivity index (χ4n) is 2.59. The fraction of sp³-hybridized carbons (Fsp3) is 0.350. The second kappa shape index (κ2) is 8.38. The molecule has 2 aromatic carbocycles. The molecule has 0 saturated heterocycles. The number of hydrogen-bond donors (Lipinski definition) is 0. The Kier molecular flexibility index (Phi) is 6.20. The van der Waals surface area contributed by atoms with Crippen molar-refractivity contribution in [2.24, 2.45) is 0 Å². The summed E-state index contributed by atoms with van der Waals surface area (Å²) in [6.07, 6.45) is 4.60. The fourth-order valence-corrected chi connectivity index (χ4v) is 2.59. The Morgan fingerprint density at radius 2 is 1.45 bits per heavy atom. The Balaban J connectivity index is 1.78. The van der Waals surface area contributed by atoms with Gasteiger partial charge in [0.05, 0.1) is 13.0 Å². The molecule has 0 aliphatic rings. The minimum atomic E-state index is -0.197. The second-order valence-corrected chi connectivity index (χ2v) is 5.68. The molecule has 0 heterocycles. The first-order chi connectivity index (χ1) is 10.7. The van der Waals surface area contributed by atoms with Crippen LogP contribution in [0.25, 0.3) is 0 Å². The van der Waals surface area contributed by atoms with Gasteiger partial charge in [-0.1, -0.05) is 54.6 Å². The lowest BCUT2D eigenvalue weighted by atomic mass is 9.98. The van der Waals surface area contributed by atoms with Crippen LogP contribution in [0.5, 0.6) is 0 Å². The van der Waals surface area contributed by atoms with Crippen molar-refractivity contribution < 1.29 is 9.53 Å². The van der Waals surface area contributed by atoms with Crippen molar-refractivity contribution in [2.45, 2.75) is 38.5 Å². The van der Waals surface area contributed by atoms with Gasteiger partial charge in [0.1, 0.15) is 0 Å². The normalized spacial score (nSPS) is 11.9. The van der Waals surface area contributed by atoms with Crippen LogP contribution < -0.4 is 0 Å². The predicted octanol–water partition coefficient (Wildman–Crippen LogP) is 4.53.